The van der Waals surface area contributed by atoms with E-state index in [1.165, 1.54) is 6.92 Å². The van der Waals surface area contributed by atoms with Crippen LogP contribution < -0.4 is 5.14 Å². The molecule has 0 aromatic carbocycles. The Bertz CT molecular complexity index is 1420. The van der Waals surface area contributed by atoms with Gasteiger partial charge in [-0.3, -0.25) is 0 Å². The van der Waals surface area contributed by atoms with Gasteiger partial charge in [-0.25, -0.2) is 9.59 Å². The van der Waals surface area contributed by atoms with E-state index >= 15 is 0 Å². The van der Waals surface area contributed by atoms with Crippen LogP contribution in [0.1, 0.15) is 53.4 Å². The Labute approximate surface area is 365 Å². The number of carbonyl (C=O) groups is 2. The number of rotatable bonds is 20. The largest absolute Gasteiger partial charge is 0.479 e. The second-order valence-corrected chi connectivity index (χ2v) is 16.8. The molecule has 0 aliphatic carbocycles. The van der Waals surface area contributed by atoms with E-state index in [1.54, 1.807) is 20.8 Å². The summed E-state index contributed by atoms with van der Waals surface area (Å²) in [5.41, 5.74) is -3.08. The van der Waals surface area contributed by atoms with E-state index in [0.29, 0.717) is 18.1 Å². The van der Waals surface area contributed by atoms with Gasteiger partial charge in [0.25, 0.3) is 5.27 Å². The lowest BCUT2D eigenvalue weighted by molar-refractivity contribution is -0.366. The van der Waals surface area contributed by atoms with Crippen LogP contribution in [0.5, 0.6) is 0 Å². The number of ether oxygens (including phenoxy) is 7. The predicted octanol–water partition coefficient (Wildman–Crippen LogP) is -6.78. The van der Waals surface area contributed by atoms with E-state index in [9.17, 15) is 76.0 Å². The zero-order chi connectivity index (χ0) is 45.7. The molecule has 0 amide bonds. The number of nitrogens with one attached hydrogen (secondary N) is 1. The molecule has 27 heteroatoms. The summed E-state index contributed by atoms with van der Waals surface area (Å²) < 4.78 is 46.3. The first-order valence-corrected chi connectivity index (χ1v) is 21.5. The zero-order valence-corrected chi connectivity index (χ0v) is 36.1. The van der Waals surface area contributed by atoms with E-state index in [1.807, 2.05) is 0 Å². The Morgan fingerprint density at radius 3 is 1.56 bits per heavy atom. The Morgan fingerprint density at radius 1 is 0.639 bits per heavy atom. The summed E-state index contributed by atoms with van der Waals surface area (Å²) in [5, 5.41) is 143. The van der Waals surface area contributed by atoms with Gasteiger partial charge in [0.15, 0.2) is 24.8 Å². The average Bonchev–Trinajstić information content (AvgIpc) is 3.22. The van der Waals surface area contributed by atoms with Gasteiger partial charge in [-0.05, 0) is 26.7 Å². The minimum absolute atomic E-state index is 0.0570. The van der Waals surface area contributed by atoms with Crippen molar-refractivity contribution in [3.8, 4) is 0 Å². The summed E-state index contributed by atoms with van der Waals surface area (Å²) in [6.45, 7) is 4.77. The molecule has 4 heterocycles. The van der Waals surface area contributed by atoms with Crippen molar-refractivity contribution in [1.82, 2.24) is 5.14 Å². The van der Waals surface area contributed by atoms with Crippen LogP contribution in [-0.4, -0.2) is 238 Å². The Hall–Kier alpha value is -1.00. The van der Waals surface area contributed by atoms with Crippen LogP contribution in [0.4, 0.5) is 0 Å². The van der Waals surface area contributed by atoms with E-state index in [-0.39, 0.29) is 20.5 Å². The van der Waals surface area contributed by atoms with Gasteiger partial charge in [0.2, 0.25) is 0 Å². The monoisotopic (exact) mass is 999 g/mol. The third-order valence-electron chi connectivity index (χ3n) is 11.8. The number of carboxylic acid groups (broad SMARTS) is 2. The van der Waals surface area contributed by atoms with Gasteiger partial charge >= 0.3 is 19.6 Å². The van der Waals surface area contributed by atoms with E-state index in [2.05, 4.69) is 27.5 Å². The average molecular weight is 999 g/mol. The van der Waals surface area contributed by atoms with Crippen molar-refractivity contribution in [2.45, 2.75) is 187 Å². The Morgan fingerprint density at radius 2 is 1.11 bits per heavy atom. The number of halogens is 1. The molecule has 14 N–H and O–H groups in total. The summed E-state index contributed by atoms with van der Waals surface area (Å²) in [6, 6.07) is 0. The molecule has 22 atom stereocenters. The molecular formula is C34H60B2INO23. The summed E-state index contributed by atoms with van der Waals surface area (Å²) in [6.07, 6.45) is -36.8. The van der Waals surface area contributed by atoms with Crippen LogP contribution in [0.3, 0.4) is 0 Å². The highest BCUT2D eigenvalue weighted by molar-refractivity contribution is 14.1. The Kier molecular flexibility index (Phi) is 19.4. The molecule has 61 heavy (non-hydrogen) atoms. The van der Waals surface area contributed by atoms with Gasteiger partial charge in [-0.2, -0.15) is 0 Å². The quantitative estimate of drug-likeness (QED) is 0.0306. The third-order valence-corrected chi connectivity index (χ3v) is 12.4. The van der Waals surface area contributed by atoms with Gasteiger partial charge in [0.05, 0.1) is 24.4 Å². The lowest BCUT2D eigenvalue weighted by Gasteiger charge is -2.52. The molecule has 352 valence electrons. The van der Waals surface area contributed by atoms with Crippen molar-refractivity contribution in [2.75, 3.05) is 13.2 Å². The summed E-state index contributed by atoms with van der Waals surface area (Å²) in [7, 11) is 0.0570. The molecule has 4 fully saturated rings. The number of aliphatic hydroxyl groups is 11. The van der Waals surface area contributed by atoms with Crippen molar-refractivity contribution in [3.05, 3.63) is 0 Å². The standard InChI is InChI=1S/C34H60B2INO23/c1-5-7-8-34(4,28-18(46)16(44)22(12(10-40)55-28)56-31-19(47)13(41)14(42)25(58-31)29(50)51)60-24-20(48)26(30(52)53)59-32(21(24)49)57-23-11(9-39)54-27(17(45)15(23)43)33(3,6-2)61-36-38-35-37/h11-28,31-32,35-36,38-49H,5-10H2,1-4H3,(H,50,51)(H,52,53). The molecular weight excluding hydrogens is 939 g/mol. The van der Waals surface area contributed by atoms with Crippen molar-refractivity contribution >= 4 is 47.2 Å². The molecule has 4 aliphatic rings. The third kappa shape index (κ3) is 11.3. The molecule has 0 radical (unpaired) electrons. The SMILES string of the molecule is CCCCC(C)(OC1C(O)C(OC2C(CO)OC(C(C)(CC)OBNBI)C(O)C2O)OC(C(=O)O)C1O)C1OC(CO)C(OC2OC(C(=O)O)C(O)C(O)C2O)C(O)C1O. The maximum absolute atomic E-state index is 12.4. The normalized spacial score (nSPS) is 44.1. The van der Waals surface area contributed by atoms with Crippen LogP contribution in [0, 0.1) is 0 Å². The molecule has 4 saturated heterocycles. The molecule has 4 rings (SSSR count). The van der Waals surface area contributed by atoms with E-state index < -0.39 is 159 Å². The fourth-order valence-corrected chi connectivity index (χ4v) is 8.25. The smallest absolute Gasteiger partial charge is 0.350 e. The van der Waals surface area contributed by atoms with Gasteiger partial charge in [0, 0.05) is 0 Å². The molecule has 0 spiro atoms. The highest BCUT2D eigenvalue weighted by atomic mass is 127. The molecule has 0 saturated carbocycles. The second-order valence-electron chi connectivity index (χ2n) is 16.0. The number of aliphatic hydroxyl groups excluding tert-OH is 11. The van der Waals surface area contributed by atoms with Crippen LogP contribution >= 0.6 is 22.4 Å². The number of hydrogen-bond acceptors (Lipinski definition) is 22. The maximum atomic E-state index is 12.4. The van der Waals surface area contributed by atoms with Crippen molar-refractivity contribution in [3.63, 3.8) is 0 Å². The molecule has 4 aliphatic heterocycles. The van der Waals surface area contributed by atoms with E-state index in [0.717, 1.165) is 0 Å². The van der Waals surface area contributed by atoms with Gasteiger partial charge in [-0.1, -0.05) is 26.7 Å². The number of hydrogen-bond donors (Lipinski definition) is 14. The molecule has 0 aromatic rings. The number of unbranched alkanes of at least 4 members (excludes halogenated alkanes) is 1. The highest BCUT2D eigenvalue weighted by Crippen LogP contribution is 2.41. The zero-order valence-electron chi connectivity index (χ0n) is 34.0. The first-order chi connectivity index (χ1) is 28.7. The number of carboxylic acids is 2. The van der Waals surface area contributed by atoms with Crippen molar-refractivity contribution < 1.29 is 114 Å². The Balaban J connectivity index is 1.61. The van der Waals surface area contributed by atoms with Gasteiger partial charge < -0.3 is 109 Å². The van der Waals surface area contributed by atoms with Crippen LogP contribution in [0.15, 0.2) is 0 Å². The summed E-state index contributed by atoms with van der Waals surface area (Å²) in [5.74, 6) is -3.47. The topological polar surface area (TPSA) is 383 Å². The first kappa shape index (κ1) is 52.6. The summed E-state index contributed by atoms with van der Waals surface area (Å²) in [4.78, 5) is 24.1. The van der Waals surface area contributed by atoms with Gasteiger partial charge in [-0.15, -0.1) is 22.4 Å². The van der Waals surface area contributed by atoms with Crippen LogP contribution in [0.2, 0.25) is 0 Å². The first-order valence-electron chi connectivity index (χ1n) is 20.0. The minimum Gasteiger partial charge on any atom is -0.479 e. The predicted molar refractivity (Wildman–Crippen MR) is 212 cm³/mol. The van der Waals surface area contributed by atoms with Crippen LogP contribution in [0.25, 0.3) is 0 Å². The molecule has 22 unspecified atom stereocenters. The van der Waals surface area contributed by atoms with Crippen LogP contribution in [-0.2, 0) is 47.4 Å². The molecule has 24 nitrogen and oxygen atoms in total. The van der Waals surface area contributed by atoms with E-state index in [4.69, 9.17) is 37.8 Å². The van der Waals surface area contributed by atoms with Crippen molar-refractivity contribution in [1.29, 1.82) is 0 Å². The lowest BCUT2D eigenvalue weighted by Crippen LogP contribution is -2.70. The minimum atomic E-state index is -2.17. The fourth-order valence-electron chi connectivity index (χ4n) is 8.03. The lowest BCUT2D eigenvalue weighted by atomic mass is 9.82. The second kappa shape index (κ2) is 22.5. The molecule has 0 bridgehead atoms. The number of aliphatic carboxylic acids is 2. The molecule has 0 aromatic heterocycles. The summed E-state index contributed by atoms with van der Waals surface area (Å²) >= 11 is 2.07. The fraction of sp³-hybridized carbons (Fsp3) is 0.941. The van der Waals surface area contributed by atoms with Crippen molar-refractivity contribution in [2.24, 2.45) is 0 Å². The van der Waals surface area contributed by atoms with Gasteiger partial charge in [0.1, 0.15) is 97.7 Å². The highest BCUT2D eigenvalue weighted by Gasteiger charge is 2.60. The maximum Gasteiger partial charge on any atom is 0.350 e.